The zero-order valence-electron chi connectivity index (χ0n) is 10.2. The summed E-state index contributed by atoms with van der Waals surface area (Å²) in [6, 6.07) is 0.466. The van der Waals surface area contributed by atoms with Gasteiger partial charge >= 0.3 is 0 Å². The Balaban J connectivity index is 2.15. The van der Waals surface area contributed by atoms with Crippen molar-refractivity contribution in [2.24, 2.45) is 5.73 Å². The maximum absolute atomic E-state index is 5.84. The third-order valence-corrected chi connectivity index (χ3v) is 4.11. The molecule has 90 valence electrons. The number of hydrogen-bond acceptors (Lipinski definition) is 5. The average molecular weight is 240 g/mol. The first-order chi connectivity index (χ1) is 7.58. The summed E-state index contributed by atoms with van der Waals surface area (Å²) in [6.07, 6.45) is 0. The molecule has 0 aliphatic carbocycles. The van der Waals surface area contributed by atoms with E-state index in [9.17, 15) is 0 Å². The molecule has 1 aliphatic heterocycles. The van der Waals surface area contributed by atoms with Crippen molar-refractivity contribution in [3.63, 3.8) is 0 Å². The average Bonchev–Trinajstić information content (AvgIpc) is 2.70. The van der Waals surface area contributed by atoms with Crippen LogP contribution in [-0.4, -0.2) is 48.5 Å². The molecule has 1 fully saturated rings. The molecule has 0 radical (unpaired) electrons. The summed E-state index contributed by atoms with van der Waals surface area (Å²) in [7, 11) is 4.34. The minimum absolute atomic E-state index is 0.0385. The quantitative estimate of drug-likeness (QED) is 0.840. The van der Waals surface area contributed by atoms with Crippen LogP contribution in [-0.2, 0) is 0 Å². The van der Waals surface area contributed by atoms with Crippen molar-refractivity contribution in [2.75, 3.05) is 33.7 Å². The second-order valence-electron chi connectivity index (χ2n) is 4.66. The van der Waals surface area contributed by atoms with Crippen molar-refractivity contribution >= 4 is 11.3 Å². The van der Waals surface area contributed by atoms with E-state index in [1.54, 1.807) is 11.3 Å². The molecule has 1 aromatic rings. The number of thiazole rings is 1. The summed E-state index contributed by atoms with van der Waals surface area (Å²) in [5.41, 5.74) is 6.85. The Bertz CT molecular complexity index is 350. The van der Waals surface area contributed by atoms with Crippen LogP contribution in [0.4, 0.5) is 0 Å². The first-order valence-electron chi connectivity index (χ1n) is 5.67. The summed E-state index contributed by atoms with van der Waals surface area (Å²) in [6.45, 7) is 5.28. The molecular formula is C11H20N4S. The Labute approximate surface area is 101 Å². The van der Waals surface area contributed by atoms with Gasteiger partial charge in [-0.3, -0.25) is 4.90 Å². The van der Waals surface area contributed by atoms with Gasteiger partial charge in [-0.1, -0.05) is 0 Å². The molecule has 2 unspecified atom stereocenters. The fourth-order valence-electron chi connectivity index (χ4n) is 1.94. The Morgan fingerprint density at radius 3 is 2.88 bits per heavy atom. The fraction of sp³-hybridized carbons (Fsp3) is 0.727. The summed E-state index contributed by atoms with van der Waals surface area (Å²) in [5.74, 6) is 0. The second-order valence-corrected chi connectivity index (χ2v) is 5.55. The highest BCUT2D eigenvalue weighted by molar-refractivity contribution is 7.09. The number of piperazine rings is 1. The fourth-order valence-corrected chi connectivity index (χ4v) is 3.02. The normalized spacial score (nSPS) is 25.9. The van der Waals surface area contributed by atoms with Crippen LogP contribution in [0.3, 0.4) is 0 Å². The van der Waals surface area contributed by atoms with E-state index in [0.717, 1.165) is 25.3 Å². The summed E-state index contributed by atoms with van der Waals surface area (Å²) >= 11 is 1.73. The molecule has 0 aromatic carbocycles. The molecule has 0 saturated carbocycles. The van der Waals surface area contributed by atoms with Crippen molar-refractivity contribution in [3.05, 3.63) is 16.1 Å². The van der Waals surface area contributed by atoms with E-state index in [-0.39, 0.29) is 6.04 Å². The molecule has 1 aliphatic rings. The molecule has 0 bridgehead atoms. The molecule has 2 heterocycles. The zero-order chi connectivity index (χ0) is 11.7. The molecule has 1 aromatic heterocycles. The molecule has 1 saturated heterocycles. The predicted molar refractivity (Wildman–Crippen MR) is 67.6 cm³/mol. The molecule has 16 heavy (non-hydrogen) atoms. The number of aromatic nitrogens is 1. The molecule has 2 atom stereocenters. The van der Waals surface area contributed by atoms with E-state index in [1.807, 2.05) is 6.92 Å². The molecule has 5 heteroatoms. The molecule has 0 amide bonds. The minimum Gasteiger partial charge on any atom is -0.323 e. The van der Waals surface area contributed by atoms with E-state index < -0.39 is 0 Å². The predicted octanol–water partition coefficient (Wildman–Crippen LogP) is 1.08. The lowest BCUT2D eigenvalue weighted by atomic mass is 10.2. The van der Waals surface area contributed by atoms with E-state index in [4.69, 9.17) is 5.73 Å². The Hall–Kier alpha value is -0.490. The van der Waals surface area contributed by atoms with Gasteiger partial charge in [0, 0.05) is 31.1 Å². The maximum atomic E-state index is 5.84. The molecule has 2 rings (SSSR count). The Kier molecular flexibility index (Phi) is 3.59. The van der Waals surface area contributed by atoms with E-state index >= 15 is 0 Å². The first-order valence-corrected chi connectivity index (χ1v) is 6.55. The highest BCUT2D eigenvalue weighted by Crippen LogP contribution is 2.27. The van der Waals surface area contributed by atoms with Gasteiger partial charge in [-0.2, -0.15) is 0 Å². The number of nitrogens with zero attached hydrogens (tertiary/aromatic N) is 3. The van der Waals surface area contributed by atoms with Crippen LogP contribution in [0.15, 0.2) is 5.38 Å². The van der Waals surface area contributed by atoms with Crippen LogP contribution in [0.2, 0.25) is 0 Å². The number of nitrogens with two attached hydrogens (primary N) is 1. The summed E-state index contributed by atoms with van der Waals surface area (Å²) < 4.78 is 0. The lowest BCUT2D eigenvalue weighted by molar-refractivity contribution is 0.115. The Morgan fingerprint density at radius 1 is 1.50 bits per heavy atom. The smallest absolute Gasteiger partial charge is 0.111 e. The SMILES string of the molecule is CC(N)c1csc(C2CN(C)CCN2C)n1. The molecule has 0 spiro atoms. The van der Waals surface area contributed by atoms with Crippen LogP contribution < -0.4 is 5.73 Å². The van der Waals surface area contributed by atoms with E-state index in [2.05, 4.69) is 34.3 Å². The van der Waals surface area contributed by atoms with Crippen LogP contribution >= 0.6 is 11.3 Å². The molecule has 2 N–H and O–H groups in total. The summed E-state index contributed by atoms with van der Waals surface area (Å²) in [5, 5.41) is 3.28. The van der Waals surface area contributed by atoms with Crippen LogP contribution in [0.5, 0.6) is 0 Å². The third-order valence-electron chi connectivity index (χ3n) is 3.14. The highest BCUT2D eigenvalue weighted by atomic mass is 32.1. The maximum Gasteiger partial charge on any atom is 0.111 e. The van der Waals surface area contributed by atoms with Crippen molar-refractivity contribution < 1.29 is 0 Å². The summed E-state index contributed by atoms with van der Waals surface area (Å²) in [4.78, 5) is 9.38. The third kappa shape index (κ3) is 2.43. The van der Waals surface area contributed by atoms with Crippen LogP contribution in [0, 0.1) is 0 Å². The van der Waals surface area contributed by atoms with Gasteiger partial charge in [0.05, 0.1) is 11.7 Å². The van der Waals surface area contributed by atoms with Crippen molar-refractivity contribution in [1.29, 1.82) is 0 Å². The van der Waals surface area contributed by atoms with Crippen LogP contribution in [0.25, 0.3) is 0 Å². The van der Waals surface area contributed by atoms with Gasteiger partial charge in [0.1, 0.15) is 5.01 Å². The van der Waals surface area contributed by atoms with Gasteiger partial charge in [-0.15, -0.1) is 11.3 Å². The number of likely N-dealkylation sites (N-methyl/N-ethyl adjacent to an activating group) is 2. The topological polar surface area (TPSA) is 45.4 Å². The minimum atomic E-state index is 0.0385. The van der Waals surface area contributed by atoms with Gasteiger partial charge in [-0.25, -0.2) is 4.98 Å². The van der Waals surface area contributed by atoms with Gasteiger partial charge in [0.15, 0.2) is 0 Å². The van der Waals surface area contributed by atoms with Crippen molar-refractivity contribution in [2.45, 2.75) is 19.0 Å². The Morgan fingerprint density at radius 2 is 2.25 bits per heavy atom. The number of hydrogen-bond donors (Lipinski definition) is 1. The standard InChI is InChI=1S/C11H20N4S/c1-8(12)9-7-16-11(13-9)10-6-14(2)4-5-15(10)3/h7-8,10H,4-6,12H2,1-3H3. The van der Waals surface area contributed by atoms with Crippen LogP contribution in [0.1, 0.15) is 29.7 Å². The number of rotatable bonds is 2. The molecule has 4 nitrogen and oxygen atoms in total. The van der Waals surface area contributed by atoms with Crippen molar-refractivity contribution in [3.8, 4) is 0 Å². The van der Waals surface area contributed by atoms with Crippen molar-refractivity contribution in [1.82, 2.24) is 14.8 Å². The van der Waals surface area contributed by atoms with Gasteiger partial charge in [0.2, 0.25) is 0 Å². The van der Waals surface area contributed by atoms with E-state index in [1.165, 1.54) is 5.01 Å². The largest absolute Gasteiger partial charge is 0.323 e. The second kappa shape index (κ2) is 4.79. The highest BCUT2D eigenvalue weighted by Gasteiger charge is 2.26. The van der Waals surface area contributed by atoms with Gasteiger partial charge in [-0.05, 0) is 21.0 Å². The van der Waals surface area contributed by atoms with Gasteiger partial charge < -0.3 is 10.6 Å². The lowest BCUT2D eigenvalue weighted by Gasteiger charge is -2.36. The lowest BCUT2D eigenvalue weighted by Crippen LogP contribution is -2.44. The van der Waals surface area contributed by atoms with Gasteiger partial charge in [0.25, 0.3) is 0 Å². The zero-order valence-corrected chi connectivity index (χ0v) is 11.0. The molecular weight excluding hydrogens is 220 g/mol. The first kappa shape index (κ1) is 12.0. The monoisotopic (exact) mass is 240 g/mol. The van der Waals surface area contributed by atoms with E-state index in [0.29, 0.717) is 6.04 Å².